The molecule has 1 aliphatic rings. The number of hydrogen-bond donors (Lipinski definition) is 1. The van der Waals surface area contributed by atoms with Crippen molar-refractivity contribution in [2.75, 3.05) is 0 Å². The van der Waals surface area contributed by atoms with Crippen LogP contribution < -0.4 is 4.74 Å². The van der Waals surface area contributed by atoms with Gasteiger partial charge in [-0.25, -0.2) is 4.79 Å². The number of aliphatic imine (C=N–C) groups is 1. The van der Waals surface area contributed by atoms with Crippen molar-refractivity contribution < 1.29 is 32.6 Å². The molecule has 0 saturated carbocycles. The molecule has 1 aliphatic heterocycles. The largest absolute Gasteiger partial charge is 0.478 e. The molecule has 5 nitrogen and oxygen atoms in total. The van der Waals surface area contributed by atoms with Gasteiger partial charge in [-0.2, -0.15) is 13.2 Å². The number of benzene rings is 2. The average Bonchev–Trinajstić information content (AvgIpc) is 3.20. The monoisotopic (exact) mass is 521 g/mol. The van der Waals surface area contributed by atoms with E-state index >= 15 is 0 Å². The highest BCUT2D eigenvalue weighted by molar-refractivity contribution is 8.15. The predicted molar refractivity (Wildman–Crippen MR) is 135 cm³/mol. The van der Waals surface area contributed by atoms with Crippen molar-refractivity contribution in [3.8, 4) is 5.75 Å². The molecule has 0 amide bonds. The molecule has 0 bridgehead atoms. The third-order valence-corrected chi connectivity index (χ3v) is 7.83. The van der Waals surface area contributed by atoms with Crippen LogP contribution in [0.1, 0.15) is 62.0 Å². The highest BCUT2D eigenvalue weighted by atomic mass is 32.2. The van der Waals surface area contributed by atoms with Gasteiger partial charge in [0.1, 0.15) is 5.75 Å². The van der Waals surface area contributed by atoms with E-state index in [0.29, 0.717) is 27.5 Å². The van der Waals surface area contributed by atoms with Crippen molar-refractivity contribution in [1.82, 2.24) is 0 Å². The minimum absolute atomic E-state index is 0.00433. The Labute approximate surface area is 213 Å². The molecule has 2 aromatic rings. The van der Waals surface area contributed by atoms with Crippen LogP contribution in [0.2, 0.25) is 0 Å². The van der Waals surface area contributed by atoms with Crippen LogP contribution in [0.15, 0.2) is 53.5 Å². The molecule has 1 N–H and O–H groups in total. The average molecular weight is 522 g/mol. The molecular formula is C27H30F3NO4S. The standard InChI is InChI=1S/C27H30F3NO4S/c1-16(2)26(27(28,29)30)22(36-23(31-26)18-9-7-6-8-10-18)14-12-20(32)19-11-13-21(17(3)15-19)35-25(4,5)24(33)34/h6-11,13,15-16,22H,12,14H2,1-5H3,(H,33,34). The van der Waals surface area contributed by atoms with Crippen molar-refractivity contribution in [3.63, 3.8) is 0 Å². The number of carbonyl (C=O) groups is 2. The third kappa shape index (κ3) is 5.45. The number of hydrogen-bond acceptors (Lipinski definition) is 5. The van der Waals surface area contributed by atoms with E-state index in [1.807, 2.05) is 0 Å². The van der Waals surface area contributed by atoms with Crippen LogP contribution in [0.4, 0.5) is 13.2 Å². The highest BCUT2D eigenvalue weighted by Crippen LogP contribution is 2.53. The molecule has 0 spiro atoms. The Hall–Kier alpha value is -2.81. The SMILES string of the molecule is Cc1cc(C(=O)CCC2SC(c3ccccc3)=NC2(C(C)C)C(F)(F)F)ccc1OC(C)(C)C(=O)O. The number of carboxylic acids is 1. The predicted octanol–water partition coefficient (Wildman–Crippen LogP) is 6.72. The second-order valence-electron chi connectivity index (χ2n) is 9.73. The number of halogens is 3. The number of carbonyl (C=O) groups excluding carboxylic acids is 1. The van der Waals surface area contributed by atoms with Crippen molar-refractivity contribution in [1.29, 1.82) is 0 Å². The van der Waals surface area contributed by atoms with Crippen LogP contribution in [-0.2, 0) is 4.79 Å². The summed E-state index contributed by atoms with van der Waals surface area (Å²) in [5.41, 5.74) is -2.22. The Morgan fingerprint density at radius 1 is 1.14 bits per heavy atom. The lowest BCUT2D eigenvalue weighted by Crippen LogP contribution is -2.53. The van der Waals surface area contributed by atoms with Gasteiger partial charge in [-0.1, -0.05) is 55.9 Å². The summed E-state index contributed by atoms with van der Waals surface area (Å²) in [4.78, 5) is 28.6. The highest BCUT2D eigenvalue weighted by Gasteiger charge is 2.64. The first kappa shape index (κ1) is 27.8. The van der Waals surface area contributed by atoms with Crippen molar-refractivity contribution in [3.05, 3.63) is 65.2 Å². The third-order valence-electron chi connectivity index (χ3n) is 6.40. The van der Waals surface area contributed by atoms with E-state index in [9.17, 15) is 27.9 Å². The van der Waals surface area contributed by atoms with E-state index < -0.39 is 34.5 Å². The topological polar surface area (TPSA) is 76.0 Å². The first-order valence-electron chi connectivity index (χ1n) is 11.6. The molecule has 2 unspecified atom stereocenters. The van der Waals surface area contributed by atoms with Gasteiger partial charge in [0.15, 0.2) is 16.9 Å². The van der Waals surface area contributed by atoms with E-state index in [1.165, 1.54) is 39.8 Å². The van der Waals surface area contributed by atoms with Gasteiger partial charge in [0.2, 0.25) is 0 Å². The van der Waals surface area contributed by atoms with Gasteiger partial charge in [-0.05, 0) is 56.9 Å². The molecular weight excluding hydrogens is 491 g/mol. The molecule has 36 heavy (non-hydrogen) atoms. The Morgan fingerprint density at radius 2 is 1.78 bits per heavy atom. The fourth-order valence-electron chi connectivity index (χ4n) is 4.22. The van der Waals surface area contributed by atoms with E-state index in [0.717, 1.165) is 11.8 Å². The van der Waals surface area contributed by atoms with Gasteiger partial charge in [-0.3, -0.25) is 9.79 Å². The minimum atomic E-state index is -4.58. The molecule has 2 aromatic carbocycles. The summed E-state index contributed by atoms with van der Waals surface area (Å²) in [5.74, 6) is -1.92. The van der Waals surface area contributed by atoms with Crippen molar-refractivity contribution >= 4 is 28.6 Å². The van der Waals surface area contributed by atoms with Crippen LogP contribution in [0.25, 0.3) is 0 Å². The van der Waals surface area contributed by atoms with Crippen LogP contribution in [0.3, 0.4) is 0 Å². The molecule has 0 aliphatic carbocycles. The maximum atomic E-state index is 14.5. The zero-order valence-electron chi connectivity index (χ0n) is 20.8. The Balaban J connectivity index is 1.81. The number of nitrogens with zero attached hydrogens (tertiary/aromatic N) is 1. The van der Waals surface area contributed by atoms with Crippen LogP contribution in [0, 0.1) is 12.8 Å². The number of alkyl halides is 3. The molecule has 194 valence electrons. The van der Waals surface area contributed by atoms with Crippen LogP contribution in [0.5, 0.6) is 5.75 Å². The van der Waals surface area contributed by atoms with E-state index in [-0.39, 0.29) is 18.6 Å². The molecule has 0 saturated heterocycles. The van der Waals surface area contributed by atoms with Gasteiger partial charge >= 0.3 is 12.1 Å². The number of carboxylic acid groups (broad SMARTS) is 1. The number of rotatable bonds is 9. The lowest BCUT2D eigenvalue weighted by molar-refractivity contribution is -0.196. The normalized spacial score (nSPS) is 20.4. The maximum absolute atomic E-state index is 14.5. The first-order chi connectivity index (χ1) is 16.7. The summed E-state index contributed by atoms with van der Waals surface area (Å²) in [6.07, 6.45) is -4.66. The van der Waals surface area contributed by atoms with E-state index in [2.05, 4.69) is 4.99 Å². The Morgan fingerprint density at radius 3 is 2.31 bits per heavy atom. The Bertz CT molecular complexity index is 1160. The molecule has 9 heteroatoms. The van der Waals surface area contributed by atoms with Crippen LogP contribution in [-0.4, -0.2) is 44.5 Å². The second-order valence-corrected chi connectivity index (χ2v) is 10.9. The Kier molecular flexibility index (Phi) is 7.93. The molecule has 3 rings (SSSR count). The number of aryl methyl sites for hydroxylation is 1. The fourth-order valence-corrected chi connectivity index (χ4v) is 5.84. The number of aliphatic carboxylic acids is 1. The zero-order chi connectivity index (χ0) is 26.9. The van der Waals surface area contributed by atoms with Gasteiger partial charge in [0.05, 0.1) is 5.04 Å². The van der Waals surface area contributed by atoms with Gasteiger partial charge in [0, 0.05) is 22.8 Å². The number of thioether (sulfide) groups is 1. The second kappa shape index (κ2) is 10.3. The summed E-state index contributed by atoms with van der Waals surface area (Å²) in [7, 11) is 0. The van der Waals surface area contributed by atoms with Gasteiger partial charge in [-0.15, -0.1) is 0 Å². The molecule has 0 aromatic heterocycles. The van der Waals surface area contributed by atoms with Crippen molar-refractivity contribution in [2.45, 2.75) is 70.0 Å². The smallest absolute Gasteiger partial charge is 0.414 e. The zero-order valence-corrected chi connectivity index (χ0v) is 21.7. The molecule has 2 atom stereocenters. The van der Waals surface area contributed by atoms with Crippen LogP contribution >= 0.6 is 11.8 Å². The maximum Gasteiger partial charge on any atom is 0.414 e. The van der Waals surface area contributed by atoms with Crippen molar-refractivity contribution in [2.24, 2.45) is 10.9 Å². The fraction of sp³-hybridized carbons (Fsp3) is 0.444. The summed E-state index contributed by atoms with van der Waals surface area (Å²) < 4.78 is 49.0. The summed E-state index contributed by atoms with van der Waals surface area (Å²) in [6, 6.07) is 13.4. The van der Waals surface area contributed by atoms with Gasteiger partial charge < -0.3 is 9.84 Å². The van der Waals surface area contributed by atoms with E-state index in [4.69, 9.17) is 4.74 Å². The summed E-state index contributed by atoms with van der Waals surface area (Å²) in [6.45, 7) is 7.55. The summed E-state index contributed by atoms with van der Waals surface area (Å²) >= 11 is 1.08. The number of ketones is 1. The molecule has 0 radical (unpaired) electrons. The minimum Gasteiger partial charge on any atom is -0.478 e. The number of Topliss-reactive ketones (excluding diaryl/α,β-unsaturated/α-hetero) is 1. The molecule has 0 fully saturated rings. The first-order valence-corrected chi connectivity index (χ1v) is 12.5. The lowest BCUT2D eigenvalue weighted by Gasteiger charge is -2.37. The summed E-state index contributed by atoms with van der Waals surface area (Å²) in [5, 5.41) is 8.65. The quantitative estimate of drug-likeness (QED) is 0.371. The molecule has 1 heterocycles. The van der Waals surface area contributed by atoms with Gasteiger partial charge in [0.25, 0.3) is 0 Å². The number of ether oxygens (including phenoxy) is 1. The van der Waals surface area contributed by atoms with E-state index in [1.54, 1.807) is 43.3 Å². The lowest BCUT2D eigenvalue weighted by atomic mass is 9.80.